The molecule has 0 fully saturated rings. The fourth-order valence-corrected chi connectivity index (χ4v) is 4.59. The van der Waals surface area contributed by atoms with Crippen LogP contribution in [0.5, 0.6) is 0 Å². The van der Waals surface area contributed by atoms with Crippen molar-refractivity contribution in [3.63, 3.8) is 0 Å². The maximum Gasteiger partial charge on any atom is 0.254 e. The van der Waals surface area contributed by atoms with Gasteiger partial charge < -0.3 is 19.5 Å². The lowest BCUT2D eigenvalue weighted by Gasteiger charge is -2.41. The topological polar surface area (TPSA) is 84.7 Å². The predicted molar refractivity (Wildman–Crippen MR) is 109 cm³/mol. The molecule has 7 nitrogen and oxygen atoms in total. The molecule has 8 heteroatoms. The highest BCUT2D eigenvalue weighted by atomic mass is 32.1. The Kier molecular flexibility index (Phi) is 5.46. The van der Waals surface area contributed by atoms with Gasteiger partial charge in [0.2, 0.25) is 5.91 Å². The summed E-state index contributed by atoms with van der Waals surface area (Å²) in [7, 11) is 1.60. The Bertz CT molecular complexity index is 1010. The number of carbonyl (C=O) groups is 2. The number of carbonyl (C=O) groups excluding carboxylic acids is 2. The first-order valence-electron chi connectivity index (χ1n) is 9.26. The van der Waals surface area contributed by atoms with Crippen molar-refractivity contribution in [3.8, 4) is 0 Å². The van der Waals surface area contributed by atoms with Gasteiger partial charge in [0.1, 0.15) is 5.76 Å². The second kappa shape index (κ2) is 8.18. The SMILES string of the molecule is COCCN1C(=O)c2ccccc2C(C(=O)Nc2cc(C)on2)C1c1cccs1. The van der Waals surface area contributed by atoms with E-state index < -0.39 is 12.0 Å². The summed E-state index contributed by atoms with van der Waals surface area (Å²) >= 11 is 1.53. The fourth-order valence-electron chi connectivity index (χ4n) is 3.72. The minimum atomic E-state index is -0.587. The molecular formula is C21H21N3O4S. The Morgan fingerprint density at radius 2 is 2.14 bits per heavy atom. The first kappa shape index (κ1) is 19.4. The van der Waals surface area contributed by atoms with Crippen molar-refractivity contribution < 1.29 is 18.8 Å². The van der Waals surface area contributed by atoms with Crippen LogP contribution in [0.25, 0.3) is 0 Å². The summed E-state index contributed by atoms with van der Waals surface area (Å²) in [5.74, 6) is 0.0409. The lowest BCUT2D eigenvalue weighted by molar-refractivity contribution is -0.119. The second-order valence-electron chi connectivity index (χ2n) is 6.83. The van der Waals surface area contributed by atoms with Crippen molar-refractivity contribution in [2.75, 3.05) is 25.6 Å². The number of hydrogen-bond donors (Lipinski definition) is 1. The van der Waals surface area contributed by atoms with Crippen LogP contribution in [-0.4, -0.2) is 42.1 Å². The van der Waals surface area contributed by atoms with Crippen LogP contribution in [0, 0.1) is 6.92 Å². The third kappa shape index (κ3) is 3.68. The maximum atomic E-state index is 13.4. The van der Waals surface area contributed by atoms with Crippen molar-refractivity contribution >= 4 is 29.0 Å². The van der Waals surface area contributed by atoms with Crippen LogP contribution in [0.4, 0.5) is 5.82 Å². The molecule has 2 unspecified atom stereocenters. The van der Waals surface area contributed by atoms with Gasteiger partial charge >= 0.3 is 0 Å². The van der Waals surface area contributed by atoms with Crippen LogP contribution in [0.3, 0.4) is 0 Å². The molecule has 0 saturated heterocycles. The minimum Gasteiger partial charge on any atom is -0.383 e. The molecule has 4 rings (SSSR count). The molecule has 0 saturated carbocycles. The van der Waals surface area contributed by atoms with Crippen molar-refractivity contribution in [3.05, 3.63) is 69.6 Å². The summed E-state index contributed by atoms with van der Waals surface area (Å²) in [6, 6.07) is 12.4. The van der Waals surface area contributed by atoms with E-state index in [1.807, 2.05) is 35.7 Å². The third-order valence-corrected chi connectivity index (χ3v) is 5.91. The van der Waals surface area contributed by atoms with Gasteiger partial charge in [0.25, 0.3) is 5.91 Å². The number of amides is 2. The van der Waals surface area contributed by atoms with E-state index in [0.29, 0.717) is 35.9 Å². The molecule has 1 N–H and O–H groups in total. The molecule has 0 bridgehead atoms. The van der Waals surface area contributed by atoms with Crippen LogP contribution in [0.15, 0.2) is 52.4 Å². The van der Waals surface area contributed by atoms with Crippen LogP contribution in [0.2, 0.25) is 0 Å². The number of benzene rings is 1. The molecule has 2 amide bonds. The van der Waals surface area contributed by atoms with E-state index in [9.17, 15) is 9.59 Å². The first-order chi connectivity index (χ1) is 14.1. The summed E-state index contributed by atoms with van der Waals surface area (Å²) in [6.45, 7) is 2.53. The highest BCUT2D eigenvalue weighted by Crippen LogP contribution is 2.44. The van der Waals surface area contributed by atoms with Crippen LogP contribution < -0.4 is 5.32 Å². The van der Waals surface area contributed by atoms with E-state index in [4.69, 9.17) is 9.26 Å². The van der Waals surface area contributed by atoms with Crippen molar-refractivity contribution in [2.45, 2.75) is 18.9 Å². The number of rotatable bonds is 6. The number of thiophene rings is 1. The molecule has 150 valence electrons. The van der Waals surface area contributed by atoms with Gasteiger partial charge in [-0.1, -0.05) is 29.4 Å². The summed E-state index contributed by atoms with van der Waals surface area (Å²) in [5, 5.41) is 8.67. The zero-order chi connectivity index (χ0) is 20.4. The quantitative estimate of drug-likeness (QED) is 0.670. The molecule has 3 heterocycles. The Hall–Kier alpha value is -2.97. The number of methoxy groups -OCH3 is 1. The minimum absolute atomic E-state index is 0.0996. The predicted octanol–water partition coefficient (Wildman–Crippen LogP) is 3.61. The largest absolute Gasteiger partial charge is 0.383 e. The number of aryl methyl sites for hydroxylation is 1. The summed E-state index contributed by atoms with van der Waals surface area (Å²) in [6.07, 6.45) is 0. The standard InChI is InChI=1S/C21H21N3O4S/c1-13-12-17(23-28-13)22-20(25)18-14-6-3-4-7-15(14)21(26)24(9-10-27-2)19(18)16-8-5-11-29-16/h3-8,11-12,18-19H,9-10H2,1-2H3,(H,22,23,25). The van der Waals surface area contributed by atoms with E-state index in [1.54, 1.807) is 31.1 Å². The van der Waals surface area contributed by atoms with Crippen LogP contribution >= 0.6 is 11.3 Å². The van der Waals surface area contributed by atoms with E-state index in [0.717, 1.165) is 4.88 Å². The Morgan fingerprint density at radius 1 is 1.31 bits per heavy atom. The summed E-state index contributed by atoms with van der Waals surface area (Å²) < 4.78 is 10.3. The molecule has 0 aliphatic carbocycles. The molecule has 3 aromatic rings. The average Bonchev–Trinajstić information content (AvgIpc) is 3.39. The summed E-state index contributed by atoms with van der Waals surface area (Å²) in [4.78, 5) is 29.4. The molecule has 0 spiro atoms. The zero-order valence-corrected chi connectivity index (χ0v) is 16.9. The number of ether oxygens (including phenoxy) is 1. The summed E-state index contributed by atoms with van der Waals surface area (Å²) in [5.41, 5.74) is 1.25. The van der Waals surface area contributed by atoms with Crippen molar-refractivity contribution in [2.24, 2.45) is 0 Å². The average molecular weight is 411 g/mol. The normalized spacial score (nSPS) is 18.6. The monoisotopic (exact) mass is 411 g/mol. The number of fused-ring (bicyclic) bond motifs is 1. The Labute approximate surface area is 172 Å². The van der Waals surface area contributed by atoms with Gasteiger partial charge in [-0.3, -0.25) is 9.59 Å². The fraction of sp³-hybridized carbons (Fsp3) is 0.286. The number of nitrogens with zero attached hydrogens (tertiary/aromatic N) is 2. The van der Waals surface area contributed by atoms with Crippen molar-refractivity contribution in [1.29, 1.82) is 0 Å². The van der Waals surface area contributed by atoms with E-state index in [-0.39, 0.29) is 11.8 Å². The highest BCUT2D eigenvalue weighted by Gasteiger charge is 2.44. The molecule has 1 aromatic carbocycles. The van der Waals surface area contributed by atoms with Crippen LogP contribution in [0.1, 0.15) is 38.5 Å². The molecule has 2 atom stereocenters. The van der Waals surface area contributed by atoms with Gasteiger partial charge in [0, 0.05) is 30.2 Å². The lowest BCUT2D eigenvalue weighted by Crippen LogP contribution is -2.47. The van der Waals surface area contributed by atoms with Gasteiger partial charge in [-0.15, -0.1) is 11.3 Å². The Balaban J connectivity index is 1.80. The van der Waals surface area contributed by atoms with Crippen molar-refractivity contribution in [1.82, 2.24) is 10.1 Å². The molecular weight excluding hydrogens is 390 g/mol. The molecule has 0 radical (unpaired) electrons. The molecule has 1 aliphatic heterocycles. The van der Waals surface area contributed by atoms with E-state index >= 15 is 0 Å². The van der Waals surface area contributed by atoms with Gasteiger partial charge in [0.05, 0.1) is 18.6 Å². The Morgan fingerprint density at radius 3 is 2.83 bits per heavy atom. The van der Waals surface area contributed by atoms with Gasteiger partial charge in [-0.25, -0.2) is 0 Å². The van der Waals surface area contributed by atoms with E-state index in [2.05, 4.69) is 10.5 Å². The zero-order valence-electron chi connectivity index (χ0n) is 16.1. The smallest absolute Gasteiger partial charge is 0.254 e. The molecule has 2 aromatic heterocycles. The lowest BCUT2D eigenvalue weighted by atomic mass is 9.81. The molecule has 1 aliphatic rings. The first-order valence-corrected chi connectivity index (χ1v) is 10.1. The van der Waals surface area contributed by atoms with Gasteiger partial charge in [-0.2, -0.15) is 0 Å². The third-order valence-electron chi connectivity index (χ3n) is 4.97. The van der Waals surface area contributed by atoms with E-state index in [1.165, 1.54) is 11.3 Å². The maximum absolute atomic E-state index is 13.4. The van der Waals surface area contributed by atoms with Gasteiger partial charge in [0.15, 0.2) is 5.82 Å². The van der Waals surface area contributed by atoms with Crippen LogP contribution in [-0.2, 0) is 9.53 Å². The number of anilines is 1. The second-order valence-corrected chi connectivity index (χ2v) is 7.81. The van der Waals surface area contributed by atoms with Gasteiger partial charge in [-0.05, 0) is 30.0 Å². The number of nitrogens with one attached hydrogen (secondary N) is 1. The number of aromatic nitrogens is 1. The molecule has 29 heavy (non-hydrogen) atoms. The highest BCUT2D eigenvalue weighted by molar-refractivity contribution is 7.10. The number of hydrogen-bond acceptors (Lipinski definition) is 6.